The summed E-state index contributed by atoms with van der Waals surface area (Å²) in [5, 5.41) is 10.0. The first-order valence-corrected chi connectivity index (χ1v) is 5.60. The summed E-state index contributed by atoms with van der Waals surface area (Å²) in [6.07, 6.45) is 9.43. The normalized spacial score (nSPS) is 23.2. The molecule has 1 aliphatic rings. The minimum atomic E-state index is -0.166. The molecule has 1 aliphatic carbocycles. The van der Waals surface area contributed by atoms with Gasteiger partial charge in [0, 0.05) is 0 Å². The molecule has 76 valence electrons. The quantitative estimate of drug-likeness (QED) is 0.664. The summed E-state index contributed by atoms with van der Waals surface area (Å²) in [6, 6.07) is 0. The van der Waals surface area contributed by atoms with Crippen molar-refractivity contribution in [2.45, 2.75) is 58.5 Å². The first-order valence-electron chi connectivity index (χ1n) is 5.60. The first kappa shape index (κ1) is 10.8. The molecule has 0 heterocycles. The highest BCUT2D eigenvalue weighted by Crippen LogP contribution is 2.29. The second kappa shape index (κ2) is 5.43. The summed E-state index contributed by atoms with van der Waals surface area (Å²) in [4.78, 5) is 0. The highest BCUT2D eigenvalue weighted by atomic mass is 16.3. The van der Waals surface area contributed by atoms with E-state index in [1.54, 1.807) is 0 Å². The van der Waals surface area contributed by atoms with Gasteiger partial charge in [-0.1, -0.05) is 32.3 Å². The average Bonchev–Trinajstić information content (AvgIpc) is 2.18. The zero-order valence-corrected chi connectivity index (χ0v) is 8.92. The summed E-state index contributed by atoms with van der Waals surface area (Å²) < 4.78 is 0. The molecule has 0 amide bonds. The topological polar surface area (TPSA) is 20.2 Å². The molecule has 0 aromatic carbocycles. The number of allylic oxidation sites excluding steroid dienone is 1. The Balaban J connectivity index is 2.44. The van der Waals surface area contributed by atoms with Crippen molar-refractivity contribution < 1.29 is 5.11 Å². The Morgan fingerprint density at radius 2 is 2.00 bits per heavy atom. The van der Waals surface area contributed by atoms with Gasteiger partial charge in [0.1, 0.15) is 0 Å². The third-order valence-corrected chi connectivity index (χ3v) is 3.09. The molecule has 0 aliphatic heterocycles. The molecule has 1 saturated carbocycles. The van der Waals surface area contributed by atoms with Crippen LogP contribution in [0.2, 0.25) is 0 Å². The van der Waals surface area contributed by atoms with E-state index in [0.717, 1.165) is 6.42 Å². The van der Waals surface area contributed by atoms with Crippen molar-refractivity contribution in [3.63, 3.8) is 0 Å². The van der Waals surface area contributed by atoms with E-state index in [1.807, 2.05) is 0 Å². The molecule has 0 radical (unpaired) electrons. The predicted octanol–water partition coefficient (Wildman–Crippen LogP) is 3.28. The van der Waals surface area contributed by atoms with Crippen LogP contribution in [0.3, 0.4) is 0 Å². The first-order chi connectivity index (χ1) is 6.25. The van der Waals surface area contributed by atoms with E-state index >= 15 is 0 Å². The Morgan fingerprint density at radius 1 is 1.38 bits per heavy atom. The standard InChI is InChI=1S/C12H22O/c1-3-7-10(2)12(13)11-8-5-4-6-9-11/h7,11-13H,3-6,8-9H2,1-2H3/b10-7+. The van der Waals surface area contributed by atoms with Gasteiger partial charge < -0.3 is 5.11 Å². The summed E-state index contributed by atoms with van der Waals surface area (Å²) >= 11 is 0. The van der Waals surface area contributed by atoms with Gasteiger partial charge in [-0.25, -0.2) is 0 Å². The van der Waals surface area contributed by atoms with Crippen LogP contribution in [0.4, 0.5) is 0 Å². The molecule has 0 saturated heterocycles. The Hall–Kier alpha value is -0.300. The maximum absolute atomic E-state index is 10.0. The molecule has 1 nitrogen and oxygen atoms in total. The molecule has 1 heteroatoms. The summed E-state index contributed by atoms with van der Waals surface area (Å²) in [5.41, 5.74) is 1.18. The van der Waals surface area contributed by atoms with Gasteiger partial charge in [-0.05, 0) is 37.7 Å². The number of hydrogen-bond acceptors (Lipinski definition) is 1. The lowest BCUT2D eigenvalue weighted by Gasteiger charge is -2.27. The monoisotopic (exact) mass is 182 g/mol. The highest BCUT2D eigenvalue weighted by molar-refractivity contribution is 5.06. The Morgan fingerprint density at radius 3 is 2.54 bits per heavy atom. The summed E-state index contributed by atoms with van der Waals surface area (Å²) in [7, 11) is 0. The van der Waals surface area contributed by atoms with E-state index in [4.69, 9.17) is 0 Å². The lowest BCUT2D eigenvalue weighted by atomic mass is 9.83. The van der Waals surface area contributed by atoms with Crippen LogP contribution in [-0.2, 0) is 0 Å². The van der Waals surface area contributed by atoms with E-state index in [2.05, 4.69) is 19.9 Å². The maximum atomic E-state index is 10.0. The fourth-order valence-corrected chi connectivity index (χ4v) is 2.26. The minimum Gasteiger partial charge on any atom is -0.388 e. The van der Waals surface area contributed by atoms with Crippen molar-refractivity contribution >= 4 is 0 Å². The zero-order chi connectivity index (χ0) is 9.68. The van der Waals surface area contributed by atoms with Crippen LogP contribution in [0.5, 0.6) is 0 Å². The van der Waals surface area contributed by atoms with Crippen LogP contribution in [-0.4, -0.2) is 11.2 Å². The van der Waals surface area contributed by atoms with E-state index in [1.165, 1.54) is 37.7 Å². The molecule has 1 atom stereocenters. The molecule has 1 unspecified atom stereocenters. The van der Waals surface area contributed by atoms with Crippen LogP contribution < -0.4 is 0 Å². The number of rotatable bonds is 3. The lowest BCUT2D eigenvalue weighted by Crippen LogP contribution is -2.23. The molecular formula is C12H22O. The van der Waals surface area contributed by atoms with Gasteiger partial charge >= 0.3 is 0 Å². The van der Waals surface area contributed by atoms with Gasteiger partial charge in [0.2, 0.25) is 0 Å². The number of aliphatic hydroxyl groups is 1. The van der Waals surface area contributed by atoms with Crippen molar-refractivity contribution in [3.8, 4) is 0 Å². The lowest BCUT2D eigenvalue weighted by molar-refractivity contribution is 0.115. The van der Waals surface area contributed by atoms with Crippen molar-refractivity contribution in [1.82, 2.24) is 0 Å². The molecule has 1 rings (SSSR count). The van der Waals surface area contributed by atoms with Crippen LogP contribution in [0.15, 0.2) is 11.6 Å². The van der Waals surface area contributed by atoms with Gasteiger partial charge in [0.15, 0.2) is 0 Å². The van der Waals surface area contributed by atoms with Gasteiger partial charge in [-0.3, -0.25) is 0 Å². The molecule has 0 aromatic rings. The average molecular weight is 182 g/mol. The molecule has 1 fully saturated rings. The molecule has 1 N–H and O–H groups in total. The fourth-order valence-electron chi connectivity index (χ4n) is 2.26. The smallest absolute Gasteiger partial charge is 0.0775 e. The molecular weight excluding hydrogens is 160 g/mol. The van der Waals surface area contributed by atoms with Crippen molar-refractivity contribution in [1.29, 1.82) is 0 Å². The fraction of sp³-hybridized carbons (Fsp3) is 0.833. The third kappa shape index (κ3) is 3.15. The van der Waals surface area contributed by atoms with Gasteiger partial charge in [0.25, 0.3) is 0 Å². The van der Waals surface area contributed by atoms with Crippen molar-refractivity contribution in [2.75, 3.05) is 0 Å². The van der Waals surface area contributed by atoms with Crippen LogP contribution in [0.1, 0.15) is 52.4 Å². The van der Waals surface area contributed by atoms with Crippen LogP contribution >= 0.6 is 0 Å². The largest absolute Gasteiger partial charge is 0.388 e. The Bertz CT molecular complexity index is 166. The molecule has 0 spiro atoms. The zero-order valence-electron chi connectivity index (χ0n) is 8.92. The van der Waals surface area contributed by atoms with Gasteiger partial charge in [0.05, 0.1) is 6.10 Å². The highest BCUT2D eigenvalue weighted by Gasteiger charge is 2.22. The Labute approximate surface area is 81.9 Å². The van der Waals surface area contributed by atoms with Crippen molar-refractivity contribution in [2.24, 2.45) is 5.92 Å². The second-order valence-electron chi connectivity index (χ2n) is 4.20. The summed E-state index contributed by atoms with van der Waals surface area (Å²) in [5.74, 6) is 0.538. The van der Waals surface area contributed by atoms with Gasteiger partial charge in [-0.15, -0.1) is 0 Å². The Kier molecular flexibility index (Phi) is 4.51. The molecule has 0 aromatic heterocycles. The third-order valence-electron chi connectivity index (χ3n) is 3.09. The van der Waals surface area contributed by atoms with Crippen molar-refractivity contribution in [3.05, 3.63) is 11.6 Å². The minimum absolute atomic E-state index is 0.166. The van der Waals surface area contributed by atoms with E-state index in [9.17, 15) is 5.11 Å². The SMILES string of the molecule is CC/C=C(\C)C(O)C1CCCCC1. The maximum Gasteiger partial charge on any atom is 0.0775 e. The van der Waals surface area contributed by atoms with E-state index in [-0.39, 0.29) is 6.10 Å². The number of aliphatic hydroxyl groups excluding tert-OH is 1. The van der Waals surface area contributed by atoms with E-state index < -0.39 is 0 Å². The number of hydrogen-bond donors (Lipinski definition) is 1. The van der Waals surface area contributed by atoms with Crippen LogP contribution in [0, 0.1) is 5.92 Å². The predicted molar refractivity (Wildman–Crippen MR) is 56.6 cm³/mol. The second-order valence-corrected chi connectivity index (χ2v) is 4.20. The summed E-state index contributed by atoms with van der Waals surface area (Å²) in [6.45, 7) is 4.18. The van der Waals surface area contributed by atoms with Crippen LogP contribution in [0.25, 0.3) is 0 Å². The van der Waals surface area contributed by atoms with E-state index in [0.29, 0.717) is 5.92 Å². The molecule has 0 bridgehead atoms. The molecule has 13 heavy (non-hydrogen) atoms. The van der Waals surface area contributed by atoms with Gasteiger partial charge in [-0.2, -0.15) is 0 Å².